The highest BCUT2D eigenvalue weighted by atomic mass is 79.9. The van der Waals surface area contributed by atoms with Gasteiger partial charge in [0.1, 0.15) is 25.4 Å². The van der Waals surface area contributed by atoms with Crippen LogP contribution in [0.2, 0.25) is 0 Å². The van der Waals surface area contributed by atoms with Crippen LogP contribution >= 0.6 is 15.9 Å². The number of carboxylic acids is 1. The van der Waals surface area contributed by atoms with Crippen molar-refractivity contribution in [1.82, 2.24) is 0 Å². The fourth-order valence-corrected chi connectivity index (χ4v) is 4.10. The van der Waals surface area contributed by atoms with Crippen molar-refractivity contribution >= 4 is 32.7 Å². The Morgan fingerprint density at radius 1 is 0.941 bits per heavy atom. The van der Waals surface area contributed by atoms with Crippen LogP contribution in [-0.2, 0) is 6.54 Å². The van der Waals surface area contributed by atoms with Crippen LogP contribution in [0.1, 0.15) is 15.9 Å². The number of fused-ring (bicyclic) bond motifs is 1. The summed E-state index contributed by atoms with van der Waals surface area (Å²) in [5, 5.41) is 21.9. The molecule has 0 unspecified atom stereocenters. The van der Waals surface area contributed by atoms with Crippen LogP contribution in [0.3, 0.4) is 0 Å². The molecular formula is C28H28BrNO4. The number of ether oxygens (including phenoxy) is 1. The number of benzene rings is 4. The number of hydrogen-bond donors (Lipinski definition) is 1. The van der Waals surface area contributed by atoms with Crippen LogP contribution in [0.25, 0.3) is 10.8 Å². The maximum atomic E-state index is 11.6. The zero-order valence-corrected chi connectivity index (χ0v) is 20.9. The summed E-state index contributed by atoms with van der Waals surface area (Å²) in [6, 6.07) is 29.1. The fourth-order valence-electron chi connectivity index (χ4n) is 3.53. The predicted octanol–water partition coefficient (Wildman–Crippen LogP) is 5.72. The van der Waals surface area contributed by atoms with Crippen molar-refractivity contribution in [3.8, 4) is 11.5 Å². The van der Waals surface area contributed by atoms with Crippen LogP contribution < -0.4 is 9.84 Å². The van der Waals surface area contributed by atoms with Gasteiger partial charge in [0.25, 0.3) is 0 Å². The van der Waals surface area contributed by atoms with Crippen LogP contribution in [0.4, 0.5) is 0 Å². The van der Waals surface area contributed by atoms with Crippen molar-refractivity contribution in [3.63, 3.8) is 0 Å². The summed E-state index contributed by atoms with van der Waals surface area (Å²) in [5.41, 5.74) is 1.16. The number of carboxylic acid groups (broad SMARTS) is 1. The summed E-state index contributed by atoms with van der Waals surface area (Å²) in [6.45, 7) is 2.76. The van der Waals surface area contributed by atoms with Gasteiger partial charge in [-0.2, -0.15) is 0 Å². The largest absolute Gasteiger partial charge is 0.871 e. The lowest BCUT2D eigenvalue weighted by molar-refractivity contribution is -0.903. The van der Waals surface area contributed by atoms with E-state index in [4.69, 9.17) is 9.84 Å². The third kappa shape index (κ3) is 7.07. The minimum absolute atomic E-state index is 0.208. The second-order valence-electron chi connectivity index (χ2n) is 8.56. The minimum atomic E-state index is -1.20. The number of carbonyl (C=O) groups is 1. The van der Waals surface area contributed by atoms with E-state index in [-0.39, 0.29) is 5.56 Å². The van der Waals surface area contributed by atoms with Crippen molar-refractivity contribution in [2.24, 2.45) is 0 Å². The normalized spacial score (nSPS) is 10.9. The lowest BCUT2D eigenvalue weighted by atomic mass is 10.1. The standard InChI is InChI=1S/C17H22NO.C11H7BrO3/c1-18(2,15-16-9-5-3-6-10-16)13-14-19-17-11-7-4-8-12-17;12-9-7-4-2-1-3-6(7)5-8(10(9)13)11(14)15/h3-12H,13-15H2,1-2H3;1-5,13H,(H,14,15)/q+1;/p-1. The molecule has 0 heterocycles. The Morgan fingerprint density at radius 3 is 2.18 bits per heavy atom. The molecule has 1 N–H and O–H groups in total. The van der Waals surface area contributed by atoms with E-state index in [9.17, 15) is 9.90 Å². The van der Waals surface area contributed by atoms with Crippen LogP contribution in [0.15, 0.2) is 95.5 Å². The van der Waals surface area contributed by atoms with E-state index in [2.05, 4.69) is 60.4 Å². The summed E-state index contributed by atoms with van der Waals surface area (Å²) in [4.78, 5) is 10.8. The molecule has 4 rings (SSSR count). The number of hydrogen-bond acceptors (Lipinski definition) is 3. The zero-order chi connectivity index (χ0) is 24.6. The van der Waals surface area contributed by atoms with Crippen molar-refractivity contribution in [3.05, 3.63) is 107 Å². The van der Waals surface area contributed by atoms with E-state index >= 15 is 0 Å². The van der Waals surface area contributed by atoms with Crippen molar-refractivity contribution in [2.45, 2.75) is 6.54 Å². The smallest absolute Gasteiger partial charge is 0.335 e. The molecule has 176 valence electrons. The molecule has 0 saturated heterocycles. The first-order valence-electron chi connectivity index (χ1n) is 10.9. The Kier molecular flexibility index (Phi) is 8.68. The molecule has 0 fully saturated rings. The average molecular weight is 522 g/mol. The molecule has 4 aromatic carbocycles. The second kappa shape index (κ2) is 11.7. The lowest BCUT2D eigenvalue weighted by Crippen LogP contribution is -2.41. The van der Waals surface area contributed by atoms with E-state index in [1.54, 1.807) is 24.3 Å². The summed E-state index contributed by atoms with van der Waals surface area (Å²) in [7, 11) is 4.47. The molecule has 5 nitrogen and oxygen atoms in total. The van der Waals surface area contributed by atoms with Gasteiger partial charge in [-0.3, -0.25) is 0 Å². The number of halogens is 1. The molecule has 34 heavy (non-hydrogen) atoms. The highest BCUT2D eigenvalue weighted by Crippen LogP contribution is 2.33. The molecule has 0 spiro atoms. The fraction of sp³-hybridized carbons (Fsp3) is 0.179. The molecular weight excluding hydrogens is 494 g/mol. The molecule has 0 aliphatic carbocycles. The number of likely N-dealkylation sites (N-methyl/N-ethyl adjacent to an activating group) is 1. The number of nitrogens with zero attached hydrogens (tertiary/aromatic N) is 1. The maximum Gasteiger partial charge on any atom is 0.335 e. The lowest BCUT2D eigenvalue weighted by Gasteiger charge is -2.29. The molecule has 0 aliphatic rings. The number of rotatable bonds is 7. The van der Waals surface area contributed by atoms with E-state index < -0.39 is 11.7 Å². The summed E-state index contributed by atoms with van der Waals surface area (Å²) in [5.74, 6) is -0.741. The van der Waals surface area contributed by atoms with Crippen LogP contribution in [-0.4, -0.2) is 42.8 Å². The molecule has 0 saturated carbocycles. The highest BCUT2D eigenvalue weighted by Gasteiger charge is 2.15. The van der Waals surface area contributed by atoms with Gasteiger partial charge >= 0.3 is 5.97 Å². The maximum absolute atomic E-state index is 11.6. The third-order valence-electron chi connectivity index (χ3n) is 5.33. The van der Waals surface area contributed by atoms with Gasteiger partial charge in [-0.15, -0.1) is 0 Å². The number of quaternary nitrogens is 1. The van der Waals surface area contributed by atoms with E-state index in [1.807, 2.05) is 30.3 Å². The third-order valence-corrected chi connectivity index (χ3v) is 6.12. The Morgan fingerprint density at radius 2 is 1.53 bits per heavy atom. The minimum Gasteiger partial charge on any atom is -0.871 e. The number of aromatic carboxylic acids is 1. The topological polar surface area (TPSA) is 69.6 Å². The SMILES string of the molecule is C[N+](C)(CCOc1ccccc1)Cc1ccccc1.O=C(O)c1cc2ccccc2c(Br)c1[O-]. The van der Waals surface area contributed by atoms with E-state index in [0.29, 0.717) is 4.47 Å². The first-order valence-corrected chi connectivity index (χ1v) is 11.7. The second-order valence-corrected chi connectivity index (χ2v) is 9.35. The van der Waals surface area contributed by atoms with Crippen molar-refractivity contribution < 1.29 is 24.2 Å². The Hall–Kier alpha value is -3.35. The molecule has 0 aliphatic heterocycles. The van der Waals surface area contributed by atoms with Crippen LogP contribution in [0.5, 0.6) is 11.5 Å². The summed E-state index contributed by atoms with van der Waals surface area (Å²) >= 11 is 3.12. The number of para-hydroxylation sites is 1. The van der Waals surface area contributed by atoms with E-state index in [1.165, 1.54) is 11.6 Å². The van der Waals surface area contributed by atoms with Gasteiger partial charge in [0, 0.05) is 10.0 Å². The molecule has 0 atom stereocenters. The van der Waals surface area contributed by atoms with Gasteiger partial charge in [0.2, 0.25) is 0 Å². The zero-order valence-electron chi connectivity index (χ0n) is 19.3. The highest BCUT2D eigenvalue weighted by molar-refractivity contribution is 9.10. The van der Waals surface area contributed by atoms with Gasteiger partial charge in [-0.1, -0.05) is 94.5 Å². The monoisotopic (exact) mass is 521 g/mol. The molecule has 0 aromatic heterocycles. The van der Waals surface area contributed by atoms with Gasteiger partial charge < -0.3 is 19.4 Å². The first-order chi connectivity index (χ1) is 16.3. The van der Waals surface area contributed by atoms with Crippen molar-refractivity contribution in [1.29, 1.82) is 0 Å². The van der Waals surface area contributed by atoms with Gasteiger partial charge in [0.05, 0.1) is 19.7 Å². The Labute approximate surface area is 208 Å². The molecule has 0 bridgehead atoms. The van der Waals surface area contributed by atoms with Gasteiger partial charge in [-0.05, 0) is 29.0 Å². The first kappa shape index (κ1) is 25.3. The van der Waals surface area contributed by atoms with Crippen molar-refractivity contribution in [2.75, 3.05) is 27.2 Å². The Balaban J connectivity index is 0.000000196. The molecule has 0 radical (unpaired) electrons. The molecule has 4 aromatic rings. The molecule has 0 amide bonds. The summed E-state index contributed by atoms with van der Waals surface area (Å²) < 4.78 is 7.00. The van der Waals surface area contributed by atoms with E-state index in [0.717, 1.165) is 40.7 Å². The average Bonchev–Trinajstić information content (AvgIpc) is 2.82. The van der Waals surface area contributed by atoms with Gasteiger partial charge in [0.15, 0.2) is 0 Å². The van der Waals surface area contributed by atoms with Crippen LogP contribution in [0, 0.1) is 0 Å². The summed E-state index contributed by atoms with van der Waals surface area (Å²) in [6.07, 6.45) is 0. The molecule has 6 heteroatoms. The van der Waals surface area contributed by atoms with Gasteiger partial charge in [-0.25, -0.2) is 4.79 Å². The Bertz CT molecular complexity index is 1230. The quantitative estimate of drug-likeness (QED) is 0.316. The predicted molar refractivity (Wildman–Crippen MR) is 137 cm³/mol.